The van der Waals surface area contributed by atoms with Crippen LogP contribution in [0.15, 0.2) is 30.6 Å². The summed E-state index contributed by atoms with van der Waals surface area (Å²) in [5, 5.41) is 0. The zero-order chi connectivity index (χ0) is 13.7. The van der Waals surface area contributed by atoms with Crippen LogP contribution < -0.4 is 10.5 Å². The lowest BCUT2D eigenvalue weighted by molar-refractivity contribution is 0.410. The molecule has 0 aliphatic carbocycles. The quantitative estimate of drug-likeness (QED) is 0.863. The van der Waals surface area contributed by atoms with E-state index < -0.39 is 0 Å². The van der Waals surface area contributed by atoms with Crippen LogP contribution in [-0.2, 0) is 19.4 Å². The highest BCUT2D eigenvalue weighted by molar-refractivity contribution is 5.37. The van der Waals surface area contributed by atoms with Gasteiger partial charge in [0.05, 0.1) is 7.11 Å². The normalized spacial score (nSPS) is 10.7. The average Bonchev–Trinajstić information content (AvgIpc) is 2.86. The second-order valence-corrected chi connectivity index (χ2v) is 4.51. The maximum absolute atomic E-state index is 5.60. The molecule has 4 nitrogen and oxygen atoms in total. The molecule has 2 rings (SSSR count). The Balaban J connectivity index is 2.21. The summed E-state index contributed by atoms with van der Waals surface area (Å²) < 4.78 is 7.50. The summed E-state index contributed by atoms with van der Waals surface area (Å²) in [5.74, 6) is 2.00. The van der Waals surface area contributed by atoms with Crippen molar-refractivity contribution in [2.45, 2.75) is 26.3 Å². The van der Waals surface area contributed by atoms with E-state index in [0.29, 0.717) is 6.54 Å². The van der Waals surface area contributed by atoms with Crippen molar-refractivity contribution in [3.8, 4) is 5.75 Å². The summed E-state index contributed by atoms with van der Waals surface area (Å²) in [7, 11) is 1.71. The first-order chi connectivity index (χ1) is 9.28. The molecule has 2 N–H and O–H groups in total. The van der Waals surface area contributed by atoms with Crippen LogP contribution in [0.25, 0.3) is 0 Å². The van der Waals surface area contributed by atoms with Crippen LogP contribution in [0.5, 0.6) is 5.75 Å². The molecule has 4 heteroatoms. The smallest absolute Gasteiger partial charge is 0.122 e. The maximum atomic E-state index is 5.60. The third kappa shape index (κ3) is 3.15. The standard InChI is InChI=1S/C15H21N3O/c1-3-13-10-12(4-5-14(13)19-2)11-18-9-8-17-15(18)6-7-16/h4-5,8-10H,3,6-7,11,16H2,1-2H3. The number of aryl methyl sites for hydroxylation is 1. The number of imidazole rings is 1. The Bertz CT molecular complexity index is 534. The lowest BCUT2D eigenvalue weighted by Gasteiger charge is -2.11. The van der Waals surface area contributed by atoms with Crippen molar-refractivity contribution in [1.29, 1.82) is 0 Å². The molecule has 0 radical (unpaired) electrons. The van der Waals surface area contributed by atoms with E-state index in [1.807, 2.05) is 18.5 Å². The Labute approximate surface area is 114 Å². The molecule has 0 spiro atoms. The highest BCUT2D eigenvalue weighted by atomic mass is 16.5. The van der Waals surface area contributed by atoms with Gasteiger partial charge in [0.2, 0.25) is 0 Å². The molecule has 19 heavy (non-hydrogen) atoms. The van der Waals surface area contributed by atoms with Crippen LogP contribution in [0.1, 0.15) is 23.9 Å². The highest BCUT2D eigenvalue weighted by Gasteiger charge is 2.06. The number of rotatable bonds is 6. The van der Waals surface area contributed by atoms with Gasteiger partial charge >= 0.3 is 0 Å². The Morgan fingerprint density at radius 3 is 2.89 bits per heavy atom. The van der Waals surface area contributed by atoms with Crippen LogP contribution in [0.2, 0.25) is 0 Å². The van der Waals surface area contributed by atoms with Gasteiger partial charge < -0.3 is 15.0 Å². The SMILES string of the molecule is CCc1cc(Cn2ccnc2CCN)ccc1OC. The van der Waals surface area contributed by atoms with Crippen LogP contribution in [0, 0.1) is 0 Å². The van der Waals surface area contributed by atoms with Gasteiger partial charge in [-0.15, -0.1) is 0 Å². The molecule has 2 aromatic rings. The molecule has 0 aliphatic heterocycles. The van der Waals surface area contributed by atoms with Crippen molar-refractivity contribution in [2.75, 3.05) is 13.7 Å². The van der Waals surface area contributed by atoms with Crippen LogP contribution in [0.4, 0.5) is 0 Å². The molecule has 0 bridgehead atoms. The molecule has 0 fully saturated rings. The van der Waals surface area contributed by atoms with Gasteiger partial charge in [0, 0.05) is 25.4 Å². The molecule has 0 amide bonds. The second kappa shape index (κ2) is 6.38. The van der Waals surface area contributed by atoms with Crippen molar-refractivity contribution >= 4 is 0 Å². The molecule has 0 unspecified atom stereocenters. The third-order valence-corrected chi connectivity index (χ3v) is 3.25. The van der Waals surface area contributed by atoms with Crippen LogP contribution in [-0.4, -0.2) is 23.2 Å². The molecular weight excluding hydrogens is 238 g/mol. The fourth-order valence-electron chi connectivity index (χ4n) is 2.24. The number of nitrogens with two attached hydrogens (primary N) is 1. The van der Waals surface area contributed by atoms with Crippen molar-refractivity contribution in [3.63, 3.8) is 0 Å². The minimum atomic E-state index is 0.625. The van der Waals surface area contributed by atoms with E-state index in [2.05, 4.69) is 28.6 Å². The van der Waals surface area contributed by atoms with E-state index in [-0.39, 0.29) is 0 Å². The first kappa shape index (κ1) is 13.6. The number of benzene rings is 1. The van der Waals surface area contributed by atoms with Gasteiger partial charge in [-0.3, -0.25) is 0 Å². The Morgan fingerprint density at radius 2 is 2.21 bits per heavy atom. The van der Waals surface area contributed by atoms with Gasteiger partial charge in [0.15, 0.2) is 0 Å². The number of methoxy groups -OCH3 is 1. The van der Waals surface area contributed by atoms with Gasteiger partial charge in [0.25, 0.3) is 0 Å². The van der Waals surface area contributed by atoms with Crippen molar-refractivity contribution in [1.82, 2.24) is 9.55 Å². The van der Waals surface area contributed by atoms with Crippen LogP contribution >= 0.6 is 0 Å². The lowest BCUT2D eigenvalue weighted by atomic mass is 10.1. The summed E-state index contributed by atoms with van der Waals surface area (Å²) in [6.07, 6.45) is 5.61. The largest absolute Gasteiger partial charge is 0.496 e. The molecule has 102 valence electrons. The van der Waals surface area contributed by atoms with Gasteiger partial charge in [-0.2, -0.15) is 0 Å². The minimum Gasteiger partial charge on any atom is -0.496 e. The molecule has 1 aromatic carbocycles. The molecule has 1 aromatic heterocycles. The fourth-order valence-corrected chi connectivity index (χ4v) is 2.24. The summed E-state index contributed by atoms with van der Waals surface area (Å²) in [5.41, 5.74) is 8.09. The first-order valence-electron chi connectivity index (χ1n) is 6.64. The molecular formula is C15H21N3O. The van der Waals surface area contributed by atoms with Gasteiger partial charge in [0.1, 0.15) is 11.6 Å². The predicted octanol–water partition coefficient (Wildman–Crippen LogP) is 2.00. The molecule has 0 atom stereocenters. The average molecular weight is 259 g/mol. The molecule has 0 saturated heterocycles. The fraction of sp³-hybridized carbons (Fsp3) is 0.400. The monoisotopic (exact) mass is 259 g/mol. The summed E-state index contributed by atoms with van der Waals surface area (Å²) in [4.78, 5) is 4.34. The molecule has 0 saturated carbocycles. The minimum absolute atomic E-state index is 0.625. The first-order valence-corrected chi connectivity index (χ1v) is 6.64. The molecule has 1 heterocycles. The number of hydrogen-bond donors (Lipinski definition) is 1. The van der Waals surface area contributed by atoms with E-state index in [1.54, 1.807) is 7.11 Å². The topological polar surface area (TPSA) is 53.1 Å². The van der Waals surface area contributed by atoms with Crippen molar-refractivity contribution in [3.05, 3.63) is 47.5 Å². The Hall–Kier alpha value is -1.81. The van der Waals surface area contributed by atoms with E-state index in [9.17, 15) is 0 Å². The van der Waals surface area contributed by atoms with Gasteiger partial charge in [-0.25, -0.2) is 4.98 Å². The second-order valence-electron chi connectivity index (χ2n) is 4.51. The number of aromatic nitrogens is 2. The molecule has 0 aliphatic rings. The summed E-state index contributed by atoms with van der Waals surface area (Å²) in [6, 6.07) is 6.34. The Morgan fingerprint density at radius 1 is 1.37 bits per heavy atom. The summed E-state index contributed by atoms with van der Waals surface area (Å²) in [6.45, 7) is 3.59. The predicted molar refractivity (Wildman–Crippen MR) is 76.5 cm³/mol. The maximum Gasteiger partial charge on any atom is 0.122 e. The van der Waals surface area contributed by atoms with Gasteiger partial charge in [-0.05, 0) is 30.2 Å². The van der Waals surface area contributed by atoms with Crippen molar-refractivity contribution in [2.24, 2.45) is 5.73 Å². The van der Waals surface area contributed by atoms with Crippen LogP contribution in [0.3, 0.4) is 0 Å². The van der Waals surface area contributed by atoms with E-state index in [1.165, 1.54) is 11.1 Å². The van der Waals surface area contributed by atoms with E-state index in [0.717, 1.165) is 31.0 Å². The highest BCUT2D eigenvalue weighted by Crippen LogP contribution is 2.21. The summed E-state index contributed by atoms with van der Waals surface area (Å²) >= 11 is 0. The number of hydrogen-bond acceptors (Lipinski definition) is 3. The zero-order valence-electron chi connectivity index (χ0n) is 11.6. The zero-order valence-corrected chi connectivity index (χ0v) is 11.6. The van der Waals surface area contributed by atoms with E-state index in [4.69, 9.17) is 10.5 Å². The van der Waals surface area contributed by atoms with Gasteiger partial charge in [-0.1, -0.05) is 19.1 Å². The lowest BCUT2D eigenvalue weighted by Crippen LogP contribution is -2.10. The van der Waals surface area contributed by atoms with Crippen molar-refractivity contribution < 1.29 is 4.74 Å². The number of ether oxygens (including phenoxy) is 1. The van der Waals surface area contributed by atoms with E-state index >= 15 is 0 Å². The third-order valence-electron chi connectivity index (χ3n) is 3.25. The number of nitrogens with zero attached hydrogens (tertiary/aromatic N) is 2. The Kier molecular flexibility index (Phi) is 4.58.